The summed E-state index contributed by atoms with van der Waals surface area (Å²) in [5.41, 5.74) is -1.96. The molecule has 10 nitrogen and oxygen atoms in total. The fourth-order valence-electron chi connectivity index (χ4n) is 4.47. The maximum Gasteiger partial charge on any atom is 0.470 e. The summed E-state index contributed by atoms with van der Waals surface area (Å²) in [7, 11) is -5.16. The molecule has 2 heterocycles. The van der Waals surface area contributed by atoms with E-state index < -0.39 is 25.1 Å². The largest absolute Gasteiger partial charge is 0.470 e. The lowest BCUT2D eigenvalue weighted by atomic mass is 9.90. The highest BCUT2D eigenvalue weighted by molar-refractivity contribution is 7.46. The molecule has 0 saturated heterocycles. The van der Waals surface area contributed by atoms with Crippen molar-refractivity contribution in [1.29, 1.82) is 0 Å². The first-order chi connectivity index (χ1) is 17.7. The third-order valence-corrected chi connectivity index (χ3v) is 6.83. The van der Waals surface area contributed by atoms with Crippen LogP contribution >= 0.6 is 7.82 Å². The highest BCUT2D eigenvalue weighted by Crippen LogP contribution is 2.48. The summed E-state index contributed by atoms with van der Waals surface area (Å²) < 4.78 is 49.9. The van der Waals surface area contributed by atoms with E-state index in [-0.39, 0.29) is 24.2 Å². The van der Waals surface area contributed by atoms with Crippen LogP contribution in [0.2, 0.25) is 0 Å². The van der Waals surface area contributed by atoms with Gasteiger partial charge in [-0.1, -0.05) is 58.3 Å². The Bertz CT molecular complexity index is 1090. The van der Waals surface area contributed by atoms with E-state index >= 15 is 4.39 Å². The summed E-state index contributed by atoms with van der Waals surface area (Å²) in [5.74, 6) is -1.71. The number of aryl methyl sites for hydroxylation is 1. The minimum Gasteiger partial charge on any atom is -0.303 e. The van der Waals surface area contributed by atoms with Gasteiger partial charge >= 0.3 is 7.82 Å². The van der Waals surface area contributed by atoms with Crippen LogP contribution in [0.4, 0.5) is 8.78 Å². The molecule has 37 heavy (non-hydrogen) atoms. The van der Waals surface area contributed by atoms with E-state index in [4.69, 9.17) is 4.52 Å². The fraction of sp³-hybridized carbons (Fsp3) is 0.583. The van der Waals surface area contributed by atoms with Crippen LogP contribution in [-0.2, 0) is 34.2 Å². The molecule has 0 fully saturated rings. The van der Waals surface area contributed by atoms with Crippen LogP contribution < -0.4 is 0 Å². The van der Waals surface area contributed by atoms with Gasteiger partial charge in [0.1, 0.15) is 42.5 Å². The third-order valence-electron chi connectivity index (χ3n) is 6.24. The van der Waals surface area contributed by atoms with Crippen LogP contribution in [-0.4, -0.2) is 39.3 Å². The summed E-state index contributed by atoms with van der Waals surface area (Å²) in [6.45, 7) is 1.54. The van der Waals surface area contributed by atoms with Gasteiger partial charge in [-0.25, -0.2) is 32.7 Å². The predicted molar refractivity (Wildman–Crippen MR) is 132 cm³/mol. The lowest BCUT2D eigenvalue weighted by molar-refractivity contribution is -0.00832. The molecule has 0 aliphatic rings. The van der Waals surface area contributed by atoms with Gasteiger partial charge in [-0.3, -0.25) is 4.52 Å². The van der Waals surface area contributed by atoms with Crippen LogP contribution in [0, 0.1) is 11.6 Å². The normalized spacial score (nSPS) is 12.4. The van der Waals surface area contributed by atoms with Gasteiger partial charge < -0.3 is 9.79 Å². The molecule has 0 bridgehead atoms. The van der Waals surface area contributed by atoms with Gasteiger partial charge in [0.15, 0.2) is 0 Å². The Morgan fingerprint density at radius 3 is 1.89 bits per heavy atom. The first kappa shape index (κ1) is 29.0. The highest BCUT2D eigenvalue weighted by Gasteiger charge is 2.44. The summed E-state index contributed by atoms with van der Waals surface area (Å²) in [6.07, 6.45) is 15.3. The van der Waals surface area contributed by atoms with Crippen LogP contribution in [0.25, 0.3) is 0 Å². The van der Waals surface area contributed by atoms with Gasteiger partial charge in [-0.2, -0.15) is 10.2 Å². The van der Waals surface area contributed by atoms with Gasteiger partial charge in [-0.15, -0.1) is 0 Å². The SMILES string of the molecule is CCCCCCCCCCCc1cc(C(Cn2cncn2)(Cn2cncn2)OP(=O)(O)O)c(F)cc1F. The van der Waals surface area contributed by atoms with E-state index in [0.29, 0.717) is 12.8 Å². The fourth-order valence-corrected chi connectivity index (χ4v) is 5.14. The minimum absolute atomic E-state index is 0.214. The molecule has 204 valence electrons. The van der Waals surface area contributed by atoms with Crippen LogP contribution in [0.5, 0.6) is 0 Å². The monoisotopic (exact) mass is 540 g/mol. The van der Waals surface area contributed by atoms with Crippen molar-refractivity contribution in [2.75, 3.05) is 0 Å². The Kier molecular flexibility index (Phi) is 10.9. The van der Waals surface area contributed by atoms with E-state index in [1.807, 2.05) is 0 Å². The molecule has 13 heteroatoms. The number of halogens is 2. The third kappa shape index (κ3) is 9.07. The average molecular weight is 541 g/mol. The zero-order valence-electron chi connectivity index (χ0n) is 21.0. The minimum atomic E-state index is -5.16. The maximum absolute atomic E-state index is 15.3. The zero-order valence-corrected chi connectivity index (χ0v) is 21.9. The van der Waals surface area contributed by atoms with Crippen molar-refractivity contribution >= 4 is 7.82 Å². The molecule has 0 spiro atoms. The molecule has 1 aromatic carbocycles. The van der Waals surface area contributed by atoms with Crippen LogP contribution in [0.15, 0.2) is 37.4 Å². The van der Waals surface area contributed by atoms with Crippen molar-refractivity contribution in [2.24, 2.45) is 0 Å². The summed E-state index contributed by atoms with van der Waals surface area (Å²) >= 11 is 0. The van der Waals surface area contributed by atoms with Gasteiger partial charge in [0.05, 0.1) is 13.1 Å². The average Bonchev–Trinajstić information content (AvgIpc) is 3.52. The first-order valence-electron chi connectivity index (χ1n) is 12.6. The maximum atomic E-state index is 15.3. The molecule has 0 amide bonds. The lowest BCUT2D eigenvalue weighted by Crippen LogP contribution is -2.40. The van der Waals surface area contributed by atoms with Crippen LogP contribution in [0.1, 0.15) is 75.8 Å². The van der Waals surface area contributed by atoms with Gasteiger partial charge in [0.2, 0.25) is 0 Å². The quantitative estimate of drug-likeness (QED) is 0.182. The molecule has 0 saturated carbocycles. The van der Waals surface area contributed by atoms with Gasteiger partial charge in [0.25, 0.3) is 0 Å². The number of rotatable bonds is 17. The molecular formula is C24H35F2N6O4P. The molecule has 0 aliphatic carbocycles. The van der Waals surface area contributed by atoms with E-state index in [1.54, 1.807) is 0 Å². The highest BCUT2D eigenvalue weighted by atomic mass is 31.2. The van der Waals surface area contributed by atoms with Crippen molar-refractivity contribution in [3.63, 3.8) is 0 Å². The summed E-state index contributed by atoms with van der Waals surface area (Å²) in [6, 6.07) is 2.03. The molecule has 0 atom stereocenters. The van der Waals surface area contributed by atoms with Gasteiger partial charge in [0, 0.05) is 11.6 Å². The van der Waals surface area contributed by atoms with E-state index in [1.165, 1.54) is 72.8 Å². The Morgan fingerprint density at radius 1 is 0.865 bits per heavy atom. The number of benzene rings is 1. The zero-order chi connectivity index (χ0) is 26.7. The van der Waals surface area contributed by atoms with E-state index in [9.17, 15) is 18.7 Å². The molecule has 0 unspecified atom stereocenters. The number of phosphoric ester groups is 1. The van der Waals surface area contributed by atoms with Crippen molar-refractivity contribution in [2.45, 2.75) is 89.8 Å². The number of hydrogen-bond donors (Lipinski definition) is 2. The number of phosphoric acid groups is 1. The van der Waals surface area contributed by atoms with E-state index in [2.05, 4.69) is 27.1 Å². The molecule has 0 aliphatic heterocycles. The van der Waals surface area contributed by atoms with E-state index in [0.717, 1.165) is 25.3 Å². The van der Waals surface area contributed by atoms with Crippen LogP contribution in [0.3, 0.4) is 0 Å². The lowest BCUT2D eigenvalue weighted by Gasteiger charge is -2.34. The Balaban J connectivity index is 1.83. The smallest absolute Gasteiger partial charge is 0.303 e. The second-order valence-corrected chi connectivity index (χ2v) is 10.4. The molecule has 3 aromatic rings. The first-order valence-corrected chi connectivity index (χ1v) is 14.1. The summed E-state index contributed by atoms with van der Waals surface area (Å²) in [4.78, 5) is 27.3. The molecule has 0 radical (unpaired) electrons. The van der Waals surface area contributed by atoms with Gasteiger partial charge in [-0.05, 0) is 24.5 Å². The number of aromatic nitrogens is 6. The number of unbranched alkanes of at least 4 members (excludes halogenated alkanes) is 8. The Morgan fingerprint density at radius 2 is 1.41 bits per heavy atom. The second-order valence-electron chi connectivity index (χ2n) is 9.26. The second kappa shape index (κ2) is 13.9. The predicted octanol–water partition coefficient (Wildman–Crippen LogP) is 4.93. The molecule has 2 aromatic heterocycles. The van der Waals surface area contributed by atoms with Crippen molar-refractivity contribution in [1.82, 2.24) is 29.5 Å². The molecule has 2 N–H and O–H groups in total. The summed E-state index contributed by atoms with van der Waals surface area (Å²) in [5, 5.41) is 7.98. The van der Waals surface area contributed by atoms with Crippen molar-refractivity contribution in [3.05, 3.63) is 60.2 Å². The standard InChI is InChI=1S/C24H35F2N6O4P/c1-2-3-4-5-6-7-8-9-10-11-20-12-21(23(26)13-22(20)25)24(36-37(33,34)35,14-31-18-27-16-29-31)15-32-19-28-17-30-32/h12-13,16-19H,2-11,14-15H2,1H3,(H2,33,34,35). The molecule has 3 rings (SSSR count). The van der Waals surface area contributed by atoms with Crippen molar-refractivity contribution < 1.29 is 27.7 Å². The van der Waals surface area contributed by atoms with Crippen molar-refractivity contribution in [3.8, 4) is 0 Å². The Hall–Kier alpha value is -2.53. The molecular weight excluding hydrogens is 505 g/mol. The topological polar surface area (TPSA) is 128 Å². The Labute approximate surface area is 215 Å². The number of hydrogen-bond acceptors (Lipinski definition) is 6. The number of nitrogens with zero attached hydrogens (tertiary/aromatic N) is 6.